The molecule has 1 N–H and O–H groups in total. The van der Waals surface area contributed by atoms with Crippen LogP contribution in [-0.4, -0.2) is 29.6 Å². The largest absolute Gasteiger partial charge is 0.391 e. The zero-order chi connectivity index (χ0) is 9.31. The van der Waals surface area contributed by atoms with Crippen molar-refractivity contribution in [3.63, 3.8) is 0 Å². The van der Waals surface area contributed by atoms with Gasteiger partial charge in [0.05, 0.1) is 16.1 Å². The van der Waals surface area contributed by atoms with Crippen molar-refractivity contribution in [1.82, 2.24) is 0 Å². The van der Waals surface area contributed by atoms with Gasteiger partial charge in [-0.15, -0.1) is 0 Å². The number of aliphatic hydroxyl groups is 1. The molecule has 1 saturated heterocycles. The Morgan fingerprint density at radius 2 is 1.83 bits per heavy atom. The molecule has 1 aliphatic carbocycles. The molecule has 70 valence electrons. The Morgan fingerprint density at radius 3 is 2.25 bits per heavy atom. The molecule has 2 rings (SSSR count). The minimum atomic E-state index is -3.03. The van der Waals surface area contributed by atoms with Gasteiger partial charge in [-0.25, -0.2) is 8.42 Å². The topological polar surface area (TPSA) is 54.4 Å². The number of rotatable bonds is 0. The Hall–Kier alpha value is -0.0900. The highest BCUT2D eigenvalue weighted by atomic mass is 32.2. The van der Waals surface area contributed by atoms with Gasteiger partial charge in [0.15, 0.2) is 9.84 Å². The van der Waals surface area contributed by atoms with Crippen LogP contribution in [0.15, 0.2) is 0 Å². The van der Waals surface area contributed by atoms with Gasteiger partial charge in [0, 0.05) is 5.92 Å². The van der Waals surface area contributed by atoms with Crippen LogP contribution in [0.4, 0.5) is 0 Å². The van der Waals surface area contributed by atoms with Gasteiger partial charge in [-0.2, -0.15) is 0 Å². The van der Waals surface area contributed by atoms with Gasteiger partial charge in [0.1, 0.15) is 0 Å². The Bertz CT molecular complexity index is 317. The number of aliphatic hydroxyl groups excluding tert-OH is 1. The van der Waals surface area contributed by atoms with Gasteiger partial charge >= 0.3 is 0 Å². The molecule has 0 amide bonds. The van der Waals surface area contributed by atoms with E-state index >= 15 is 0 Å². The van der Waals surface area contributed by atoms with Gasteiger partial charge < -0.3 is 5.11 Å². The average Bonchev–Trinajstić information content (AvgIpc) is 1.96. The lowest BCUT2D eigenvalue weighted by atomic mass is 9.64. The highest BCUT2D eigenvalue weighted by Crippen LogP contribution is 2.59. The standard InChI is InChI=1S/C8H14O3S/c1-4-5-7(6(4)9)12(10,11)8(5,2)3/h4-7,9H,1-3H3/t4-,5+,6-,7-/m0/s1. The van der Waals surface area contributed by atoms with Crippen LogP contribution >= 0.6 is 0 Å². The summed E-state index contributed by atoms with van der Waals surface area (Å²) >= 11 is 0. The highest BCUT2D eigenvalue weighted by molar-refractivity contribution is 7.95. The molecule has 0 radical (unpaired) electrons. The minimum Gasteiger partial charge on any atom is -0.391 e. The zero-order valence-corrected chi connectivity index (χ0v) is 8.30. The Kier molecular flexibility index (Phi) is 1.33. The van der Waals surface area contributed by atoms with E-state index in [9.17, 15) is 13.5 Å². The lowest BCUT2D eigenvalue weighted by Gasteiger charge is -2.63. The molecule has 3 nitrogen and oxygen atoms in total. The lowest BCUT2D eigenvalue weighted by molar-refractivity contribution is -0.0531. The summed E-state index contributed by atoms with van der Waals surface area (Å²) in [6, 6.07) is 0. The fourth-order valence-electron chi connectivity index (χ4n) is 2.75. The van der Waals surface area contributed by atoms with Crippen molar-refractivity contribution in [2.24, 2.45) is 11.8 Å². The first-order valence-electron chi connectivity index (χ1n) is 4.23. The van der Waals surface area contributed by atoms with E-state index in [1.54, 1.807) is 13.8 Å². The van der Waals surface area contributed by atoms with Gasteiger partial charge in [-0.1, -0.05) is 6.92 Å². The van der Waals surface area contributed by atoms with Crippen LogP contribution in [0.1, 0.15) is 20.8 Å². The SMILES string of the molecule is C[C@@H]1[C@H](O)[C@@H]2[C@@H]1C(C)(C)S2(=O)=O. The summed E-state index contributed by atoms with van der Waals surface area (Å²) in [5.74, 6) is 0.325. The lowest BCUT2D eigenvalue weighted by Crippen LogP contribution is -2.78. The van der Waals surface area contributed by atoms with Crippen molar-refractivity contribution >= 4 is 9.84 Å². The molecular formula is C8H14O3S. The van der Waals surface area contributed by atoms with Crippen molar-refractivity contribution in [3.05, 3.63) is 0 Å². The third-order valence-electron chi connectivity index (χ3n) is 3.69. The summed E-state index contributed by atoms with van der Waals surface area (Å²) in [6.07, 6.45) is -0.618. The summed E-state index contributed by atoms with van der Waals surface area (Å²) in [6.45, 7) is 5.43. The quantitative estimate of drug-likeness (QED) is 0.593. The van der Waals surface area contributed by atoms with E-state index in [1.165, 1.54) is 0 Å². The molecule has 4 heteroatoms. The molecule has 0 spiro atoms. The molecule has 2 aliphatic rings. The maximum atomic E-state index is 11.5. The molecule has 1 aliphatic heterocycles. The van der Waals surface area contributed by atoms with Crippen molar-refractivity contribution in [1.29, 1.82) is 0 Å². The number of hydrogen-bond acceptors (Lipinski definition) is 3. The van der Waals surface area contributed by atoms with E-state index in [2.05, 4.69) is 0 Å². The van der Waals surface area contributed by atoms with Gasteiger partial charge in [0.2, 0.25) is 0 Å². The normalized spacial score (nSPS) is 53.3. The Balaban J connectivity index is 2.38. The van der Waals surface area contributed by atoms with Crippen LogP contribution in [0.3, 0.4) is 0 Å². The molecule has 0 unspecified atom stereocenters. The van der Waals surface area contributed by atoms with E-state index in [1.807, 2.05) is 6.92 Å². The van der Waals surface area contributed by atoms with Crippen LogP contribution in [0.2, 0.25) is 0 Å². The second-order valence-electron chi connectivity index (χ2n) is 4.49. The monoisotopic (exact) mass is 190 g/mol. The molecular weight excluding hydrogens is 176 g/mol. The maximum absolute atomic E-state index is 11.5. The van der Waals surface area contributed by atoms with E-state index in [4.69, 9.17) is 0 Å². The van der Waals surface area contributed by atoms with Gasteiger partial charge in [-0.05, 0) is 19.8 Å². The predicted molar refractivity (Wildman–Crippen MR) is 45.4 cm³/mol. The third-order valence-corrected chi connectivity index (χ3v) is 6.72. The van der Waals surface area contributed by atoms with E-state index < -0.39 is 25.9 Å². The third kappa shape index (κ3) is 0.577. The van der Waals surface area contributed by atoms with Crippen molar-refractivity contribution < 1.29 is 13.5 Å². The molecule has 1 saturated carbocycles. The molecule has 2 fully saturated rings. The molecule has 0 aromatic carbocycles. The van der Waals surface area contributed by atoms with Crippen molar-refractivity contribution in [2.75, 3.05) is 0 Å². The molecule has 12 heavy (non-hydrogen) atoms. The second-order valence-corrected chi connectivity index (χ2v) is 7.18. The fourth-order valence-corrected chi connectivity index (χ4v) is 5.56. The van der Waals surface area contributed by atoms with Crippen LogP contribution in [-0.2, 0) is 9.84 Å². The molecule has 0 aromatic rings. The number of sulfone groups is 1. The zero-order valence-electron chi connectivity index (χ0n) is 7.48. The predicted octanol–water partition coefficient (Wildman–Crippen LogP) is 0.189. The molecule has 1 heterocycles. The van der Waals surface area contributed by atoms with Gasteiger partial charge in [-0.3, -0.25) is 0 Å². The smallest absolute Gasteiger partial charge is 0.161 e. The summed E-state index contributed by atoms with van der Waals surface area (Å²) in [5.41, 5.74) is 0. The summed E-state index contributed by atoms with van der Waals surface area (Å²) in [5, 5.41) is 8.94. The number of hydrogen-bond donors (Lipinski definition) is 1. The van der Waals surface area contributed by atoms with E-state index in [-0.39, 0.29) is 11.8 Å². The van der Waals surface area contributed by atoms with Crippen molar-refractivity contribution in [3.8, 4) is 0 Å². The van der Waals surface area contributed by atoms with E-state index in [0.29, 0.717) is 0 Å². The summed E-state index contributed by atoms with van der Waals surface area (Å²) in [7, 11) is -3.03. The maximum Gasteiger partial charge on any atom is 0.161 e. The van der Waals surface area contributed by atoms with Crippen LogP contribution < -0.4 is 0 Å². The first-order chi connectivity index (χ1) is 5.32. The van der Waals surface area contributed by atoms with Crippen LogP contribution in [0, 0.1) is 11.8 Å². The number of fused-ring (bicyclic) bond motifs is 1. The van der Waals surface area contributed by atoms with E-state index in [0.717, 1.165) is 0 Å². The molecule has 0 bridgehead atoms. The van der Waals surface area contributed by atoms with Crippen LogP contribution in [0.25, 0.3) is 0 Å². The first-order valence-corrected chi connectivity index (χ1v) is 5.78. The fraction of sp³-hybridized carbons (Fsp3) is 1.00. The molecule has 0 aromatic heterocycles. The summed E-state index contributed by atoms with van der Waals surface area (Å²) in [4.78, 5) is 0. The minimum absolute atomic E-state index is 0.147. The van der Waals surface area contributed by atoms with Crippen LogP contribution in [0.5, 0.6) is 0 Å². The average molecular weight is 190 g/mol. The first kappa shape index (κ1) is 8.51. The Morgan fingerprint density at radius 1 is 1.33 bits per heavy atom. The Labute approximate surface area is 72.7 Å². The second kappa shape index (κ2) is 1.87. The molecule has 4 atom stereocenters. The summed E-state index contributed by atoms with van der Waals surface area (Å²) < 4.78 is 22.5. The van der Waals surface area contributed by atoms with Crippen molar-refractivity contribution in [2.45, 2.75) is 36.9 Å². The van der Waals surface area contributed by atoms with Gasteiger partial charge in [0.25, 0.3) is 0 Å². The highest BCUT2D eigenvalue weighted by Gasteiger charge is 2.73.